The molecule has 1 N–H and O–H groups in total. The molecule has 0 aliphatic carbocycles. The van der Waals surface area contributed by atoms with Crippen molar-refractivity contribution in [2.75, 3.05) is 19.6 Å². The average Bonchev–Trinajstić information content (AvgIpc) is 2.87. The van der Waals surface area contributed by atoms with E-state index in [9.17, 15) is 9.59 Å². The predicted octanol–water partition coefficient (Wildman–Crippen LogP) is 2.54. The van der Waals surface area contributed by atoms with Gasteiger partial charge in [0.15, 0.2) is 0 Å². The van der Waals surface area contributed by atoms with E-state index in [1.807, 2.05) is 6.92 Å². The van der Waals surface area contributed by atoms with Crippen molar-refractivity contribution in [3.05, 3.63) is 27.1 Å². The Hall–Kier alpha value is -1.73. The molecule has 7 heteroatoms. The Kier molecular flexibility index (Phi) is 5.21. The first kappa shape index (κ1) is 19.0. The van der Waals surface area contributed by atoms with Gasteiger partial charge in [0.25, 0.3) is 11.5 Å². The predicted molar refractivity (Wildman–Crippen MR) is 106 cm³/mol. The molecule has 3 rings (SSSR count). The molecule has 2 aromatic heterocycles. The van der Waals surface area contributed by atoms with E-state index in [2.05, 4.69) is 36.0 Å². The molecule has 1 fully saturated rings. The van der Waals surface area contributed by atoms with Crippen LogP contribution in [0.4, 0.5) is 0 Å². The van der Waals surface area contributed by atoms with Gasteiger partial charge in [-0.05, 0) is 51.6 Å². The second-order valence-corrected chi connectivity index (χ2v) is 9.22. The zero-order chi connectivity index (χ0) is 19.1. The number of nitrogens with zero attached hydrogens (tertiary/aromatic N) is 3. The van der Waals surface area contributed by atoms with Gasteiger partial charge in [-0.25, -0.2) is 4.98 Å². The van der Waals surface area contributed by atoms with Crippen molar-refractivity contribution in [2.45, 2.75) is 46.1 Å². The Balaban J connectivity index is 1.79. The summed E-state index contributed by atoms with van der Waals surface area (Å²) in [5.74, 6) is 0.588. The van der Waals surface area contributed by atoms with Crippen LogP contribution in [-0.2, 0) is 7.05 Å². The van der Waals surface area contributed by atoms with Gasteiger partial charge in [0.2, 0.25) is 0 Å². The summed E-state index contributed by atoms with van der Waals surface area (Å²) in [5.41, 5.74) is 0.276. The molecule has 0 unspecified atom stereocenters. The number of rotatable bonds is 4. The van der Waals surface area contributed by atoms with Crippen LogP contribution in [0.5, 0.6) is 0 Å². The minimum absolute atomic E-state index is 0.107. The Labute approximate surface area is 158 Å². The van der Waals surface area contributed by atoms with Crippen molar-refractivity contribution in [1.29, 1.82) is 0 Å². The van der Waals surface area contributed by atoms with Crippen LogP contribution in [0.25, 0.3) is 10.2 Å². The molecule has 0 saturated carbocycles. The van der Waals surface area contributed by atoms with E-state index in [-0.39, 0.29) is 17.0 Å². The zero-order valence-electron chi connectivity index (χ0n) is 16.3. The number of carbonyl (C=O) groups excluding carboxylic acids is 1. The number of piperidine rings is 1. The fourth-order valence-electron chi connectivity index (χ4n) is 3.82. The largest absolute Gasteiger partial charge is 0.345 e. The van der Waals surface area contributed by atoms with E-state index in [0.29, 0.717) is 21.0 Å². The summed E-state index contributed by atoms with van der Waals surface area (Å²) >= 11 is 1.29. The van der Waals surface area contributed by atoms with Crippen molar-refractivity contribution in [3.63, 3.8) is 0 Å². The Morgan fingerprint density at radius 1 is 1.46 bits per heavy atom. The number of carbonyl (C=O) groups is 1. The number of nitrogens with one attached hydrogen (secondary N) is 1. The molecule has 2 aromatic rings. The van der Waals surface area contributed by atoms with E-state index in [1.165, 1.54) is 35.1 Å². The first-order valence-corrected chi connectivity index (χ1v) is 9.99. The molecule has 0 aromatic carbocycles. The third-order valence-electron chi connectivity index (χ3n) is 5.03. The SMILES string of the molecule is Cc1c(C(=O)NC(C)(C)CN2CCC[C@H](C)C2)sc2ncn(C)c(=O)c12. The Morgan fingerprint density at radius 2 is 2.19 bits per heavy atom. The molecule has 1 amide bonds. The standard InChI is InChI=1S/C19H28N4O2S/c1-12-7-6-8-23(9-12)10-19(3,4)21-16(24)15-13(2)14-17(26-15)20-11-22(5)18(14)25/h11-12H,6-10H2,1-5H3,(H,21,24)/t12-/m0/s1. The number of amides is 1. The smallest absolute Gasteiger partial charge is 0.262 e. The lowest BCUT2D eigenvalue weighted by Crippen LogP contribution is -2.53. The lowest BCUT2D eigenvalue weighted by atomic mass is 9.97. The van der Waals surface area contributed by atoms with E-state index in [4.69, 9.17) is 0 Å². The normalized spacial score (nSPS) is 19.0. The number of likely N-dealkylation sites (tertiary alicyclic amines) is 1. The monoisotopic (exact) mass is 376 g/mol. The lowest BCUT2D eigenvalue weighted by molar-refractivity contribution is 0.0866. The third kappa shape index (κ3) is 3.83. The highest BCUT2D eigenvalue weighted by atomic mass is 32.1. The van der Waals surface area contributed by atoms with Crippen LogP contribution in [0.3, 0.4) is 0 Å². The van der Waals surface area contributed by atoms with E-state index in [0.717, 1.165) is 25.2 Å². The molecule has 0 radical (unpaired) electrons. The summed E-state index contributed by atoms with van der Waals surface area (Å²) in [5, 5.41) is 3.71. The number of aromatic nitrogens is 2. The van der Waals surface area contributed by atoms with Gasteiger partial charge < -0.3 is 14.8 Å². The fourth-order valence-corrected chi connectivity index (χ4v) is 4.85. The topological polar surface area (TPSA) is 67.2 Å². The van der Waals surface area contributed by atoms with Crippen LogP contribution >= 0.6 is 11.3 Å². The molecule has 3 heterocycles. The van der Waals surface area contributed by atoms with Gasteiger partial charge in [-0.15, -0.1) is 11.3 Å². The number of aryl methyl sites for hydroxylation is 2. The molecule has 1 saturated heterocycles. The maximum absolute atomic E-state index is 12.9. The molecular formula is C19H28N4O2S. The molecule has 0 spiro atoms. The second kappa shape index (κ2) is 7.12. The van der Waals surface area contributed by atoms with Gasteiger partial charge in [-0.1, -0.05) is 6.92 Å². The van der Waals surface area contributed by atoms with Crippen molar-refractivity contribution in [2.24, 2.45) is 13.0 Å². The minimum Gasteiger partial charge on any atom is -0.345 e. The molecule has 1 atom stereocenters. The maximum atomic E-state index is 12.9. The van der Waals surface area contributed by atoms with Crippen molar-refractivity contribution < 1.29 is 4.79 Å². The van der Waals surface area contributed by atoms with Gasteiger partial charge in [-0.2, -0.15) is 0 Å². The van der Waals surface area contributed by atoms with Crippen LogP contribution in [0.2, 0.25) is 0 Å². The molecular weight excluding hydrogens is 348 g/mol. The van der Waals surface area contributed by atoms with Crippen molar-refractivity contribution >= 4 is 27.5 Å². The van der Waals surface area contributed by atoms with Gasteiger partial charge in [0, 0.05) is 25.7 Å². The molecule has 26 heavy (non-hydrogen) atoms. The van der Waals surface area contributed by atoms with Crippen LogP contribution in [0.15, 0.2) is 11.1 Å². The summed E-state index contributed by atoms with van der Waals surface area (Å²) in [4.78, 5) is 33.2. The third-order valence-corrected chi connectivity index (χ3v) is 6.23. The van der Waals surface area contributed by atoms with Crippen LogP contribution in [0, 0.1) is 12.8 Å². The summed E-state index contributed by atoms with van der Waals surface area (Å²) in [7, 11) is 1.67. The summed E-state index contributed by atoms with van der Waals surface area (Å²) in [6.45, 7) is 11.2. The lowest BCUT2D eigenvalue weighted by Gasteiger charge is -2.37. The van der Waals surface area contributed by atoms with E-state index >= 15 is 0 Å². The van der Waals surface area contributed by atoms with E-state index in [1.54, 1.807) is 7.05 Å². The molecule has 142 valence electrons. The first-order valence-electron chi connectivity index (χ1n) is 9.17. The Morgan fingerprint density at radius 3 is 2.88 bits per heavy atom. The highest BCUT2D eigenvalue weighted by Gasteiger charge is 2.28. The first-order chi connectivity index (χ1) is 12.2. The van der Waals surface area contributed by atoms with E-state index < -0.39 is 0 Å². The highest BCUT2D eigenvalue weighted by Crippen LogP contribution is 2.27. The average molecular weight is 377 g/mol. The number of thiophene rings is 1. The molecule has 1 aliphatic rings. The highest BCUT2D eigenvalue weighted by molar-refractivity contribution is 7.20. The Bertz CT molecular complexity index is 884. The zero-order valence-corrected chi connectivity index (χ0v) is 17.1. The maximum Gasteiger partial charge on any atom is 0.262 e. The molecule has 0 bridgehead atoms. The van der Waals surface area contributed by atoms with Crippen molar-refractivity contribution in [1.82, 2.24) is 19.8 Å². The second-order valence-electron chi connectivity index (χ2n) is 8.22. The van der Waals surface area contributed by atoms with Gasteiger partial charge in [0.1, 0.15) is 4.83 Å². The molecule has 1 aliphatic heterocycles. The van der Waals surface area contributed by atoms with Crippen molar-refractivity contribution in [3.8, 4) is 0 Å². The quantitative estimate of drug-likeness (QED) is 0.890. The van der Waals surface area contributed by atoms with Crippen LogP contribution in [-0.4, -0.2) is 45.5 Å². The fraction of sp³-hybridized carbons (Fsp3) is 0.632. The summed E-state index contributed by atoms with van der Waals surface area (Å²) in [6, 6.07) is 0. The van der Waals surface area contributed by atoms with Gasteiger partial charge in [0.05, 0.1) is 16.6 Å². The number of hydrogen-bond donors (Lipinski definition) is 1. The van der Waals surface area contributed by atoms with Gasteiger partial charge >= 0.3 is 0 Å². The number of fused-ring (bicyclic) bond motifs is 1. The summed E-state index contributed by atoms with van der Waals surface area (Å²) in [6.07, 6.45) is 4.01. The van der Waals surface area contributed by atoms with Crippen LogP contribution < -0.4 is 10.9 Å². The summed E-state index contributed by atoms with van der Waals surface area (Å²) < 4.78 is 1.45. The van der Waals surface area contributed by atoms with Gasteiger partial charge in [-0.3, -0.25) is 9.59 Å². The minimum atomic E-state index is -0.338. The molecule has 6 nitrogen and oxygen atoms in total. The number of hydrogen-bond acceptors (Lipinski definition) is 5. The van der Waals surface area contributed by atoms with Crippen LogP contribution in [0.1, 0.15) is 48.8 Å².